The Labute approximate surface area is 119 Å². The predicted octanol–water partition coefficient (Wildman–Crippen LogP) is 1.46. The molecule has 1 heterocycles. The zero-order valence-corrected chi connectivity index (χ0v) is 11.5. The lowest BCUT2D eigenvalue weighted by Gasteiger charge is -2.10. The summed E-state index contributed by atoms with van der Waals surface area (Å²) in [5.41, 5.74) is 5.02. The fourth-order valence-electron chi connectivity index (χ4n) is 1.81. The van der Waals surface area contributed by atoms with Crippen molar-refractivity contribution < 1.29 is 14.4 Å². The second-order valence-corrected chi connectivity index (χ2v) is 5.45. The highest BCUT2D eigenvalue weighted by Crippen LogP contribution is 2.25. The van der Waals surface area contributed by atoms with Crippen LogP contribution in [-0.4, -0.2) is 24.1 Å². The van der Waals surface area contributed by atoms with Gasteiger partial charge in [0.25, 0.3) is 5.91 Å². The van der Waals surface area contributed by atoms with Gasteiger partial charge in [0.05, 0.1) is 10.9 Å². The Kier molecular flexibility index (Phi) is 4.47. The van der Waals surface area contributed by atoms with E-state index < -0.39 is 11.9 Å². The molecule has 1 atom stereocenters. The van der Waals surface area contributed by atoms with Gasteiger partial charge in [0, 0.05) is 11.1 Å². The molecule has 2 aromatic rings. The third kappa shape index (κ3) is 3.42. The van der Waals surface area contributed by atoms with Gasteiger partial charge in [0.2, 0.25) is 5.91 Å². The average molecular weight is 290 g/mol. The van der Waals surface area contributed by atoms with Crippen LogP contribution in [0.25, 0.3) is 10.1 Å². The standard InChI is InChI=1S/C14H14N2O3S/c15-13(18)6-5-10(8-17)16-14(19)12-7-9-3-1-2-4-11(9)20-12/h1-4,7-8,10H,5-6H2,(H2,15,18)(H,16,19)/t10-/m0/s1. The number of amides is 2. The van der Waals surface area contributed by atoms with Gasteiger partial charge in [0.1, 0.15) is 6.29 Å². The van der Waals surface area contributed by atoms with Gasteiger partial charge in [-0.1, -0.05) is 18.2 Å². The molecule has 0 aliphatic carbocycles. The number of benzene rings is 1. The molecule has 20 heavy (non-hydrogen) atoms. The first-order valence-electron chi connectivity index (χ1n) is 6.13. The first-order valence-corrected chi connectivity index (χ1v) is 6.95. The number of hydrogen-bond donors (Lipinski definition) is 2. The average Bonchev–Trinajstić information content (AvgIpc) is 2.87. The molecule has 0 saturated carbocycles. The molecule has 104 valence electrons. The van der Waals surface area contributed by atoms with Crippen LogP contribution in [0.4, 0.5) is 0 Å². The summed E-state index contributed by atoms with van der Waals surface area (Å²) in [6.07, 6.45) is 0.903. The molecule has 0 unspecified atom stereocenters. The monoisotopic (exact) mass is 290 g/mol. The number of hydrogen-bond acceptors (Lipinski definition) is 4. The number of nitrogens with one attached hydrogen (secondary N) is 1. The van der Waals surface area contributed by atoms with Crippen LogP contribution in [0.2, 0.25) is 0 Å². The highest BCUT2D eigenvalue weighted by molar-refractivity contribution is 7.20. The molecule has 6 heteroatoms. The molecule has 0 aliphatic heterocycles. The summed E-state index contributed by atoms with van der Waals surface area (Å²) in [6.45, 7) is 0. The van der Waals surface area contributed by atoms with Crippen LogP contribution in [0.5, 0.6) is 0 Å². The second-order valence-electron chi connectivity index (χ2n) is 4.37. The minimum Gasteiger partial charge on any atom is -0.370 e. The Balaban J connectivity index is 2.06. The quantitative estimate of drug-likeness (QED) is 0.789. The molecule has 0 spiro atoms. The number of aldehydes is 1. The number of carbonyl (C=O) groups excluding carboxylic acids is 3. The van der Waals surface area contributed by atoms with E-state index in [9.17, 15) is 14.4 Å². The van der Waals surface area contributed by atoms with Crippen LogP contribution in [0.15, 0.2) is 30.3 Å². The van der Waals surface area contributed by atoms with Gasteiger partial charge < -0.3 is 15.8 Å². The normalized spacial score (nSPS) is 12.0. The zero-order valence-electron chi connectivity index (χ0n) is 10.7. The molecule has 3 N–H and O–H groups in total. The van der Waals surface area contributed by atoms with Crippen molar-refractivity contribution in [3.63, 3.8) is 0 Å². The Bertz CT molecular complexity index is 618. The Hall–Kier alpha value is -2.21. The maximum atomic E-state index is 12.1. The molecule has 0 saturated heterocycles. The maximum Gasteiger partial charge on any atom is 0.261 e. The van der Waals surface area contributed by atoms with Crippen LogP contribution in [0.3, 0.4) is 0 Å². The van der Waals surface area contributed by atoms with Crippen LogP contribution in [0, 0.1) is 0 Å². The highest BCUT2D eigenvalue weighted by atomic mass is 32.1. The van der Waals surface area contributed by atoms with Crippen molar-refractivity contribution >= 4 is 39.5 Å². The summed E-state index contributed by atoms with van der Waals surface area (Å²) in [5.74, 6) is -0.805. The third-order valence-corrected chi connectivity index (χ3v) is 3.95. The fourth-order valence-corrected chi connectivity index (χ4v) is 2.77. The summed E-state index contributed by atoms with van der Waals surface area (Å²) in [5, 5.41) is 3.58. The molecule has 1 aromatic carbocycles. The number of fused-ring (bicyclic) bond motifs is 1. The van der Waals surface area contributed by atoms with Crippen LogP contribution in [-0.2, 0) is 9.59 Å². The van der Waals surface area contributed by atoms with E-state index in [-0.39, 0.29) is 18.7 Å². The molecular weight excluding hydrogens is 276 g/mol. The maximum absolute atomic E-state index is 12.1. The van der Waals surface area contributed by atoms with E-state index in [1.54, 1.807) is 6.07 Å². The topological polar surface area (TPSA) is 89.3 Å². The van der Waals surface area contributed by atoms with Crippen molar-refractivity contribution in [1.29, 1.82) is 0 Å². The smallest absolute Gasteiger partial charge is 0.261 e. The van der Waals surface area contributed by atoms with Crippen LogP contribution >= 0.6 is 11.3 Å². The molecule has 0 aliphatic rings. The van der Waals surface area contributed by atoms with Crippen molar-refractivity contribution in [3.05, 3.63) is 35.2 Å². The van der Waals surface area contributed by atoms with Gasteiger partial charge in [-0.25, -0.2) is 0 Å². The zero-order chi connectivity index (χ0) is 14.5. The van der Waals surface area contributed by atoms with Crippen LogP contribution in [0.1, 0.15) is 22.5 Å². The SMILES string of the molecule is NC(=O)CC[C@@H](C=O)NC(=O)c1cc2ccccc2s1. The Morgan fingerprint density at radius 3 is 2.75 bits per heavy atom. The summed E-state index contributed by atoms with van der Waals surface area (Å²) in [6, 6.07) is 8.75. The van der Waals surface area contributed by atoms with Crippen molar-refractivity contribution in [2.45, 2.75) is 18.9 Å². The lowest BCUT2D eigenvalue weighted by molar-refractivity contribution is -0.118. The Morgan fingerprint density at radius 1 is 1.35 bits per heavy atom. The molecule has 2 rings (SSSR count). The summed E-state index contributed by atoms with van der Waals surface area (Å²) >= 11 is 1.36. The second kappa shape index (κ2) is 6.29. The molecule has 1 aromatic heterocycles. The summed E-state index contributed by atoms with van der Waals surface area (Å²) < 4.78 is 1.01. The van der Waals surface area contributed by atoms with E-state index >= 15 is 0 Å². The number of carbonyl (C=O) groups is 3. The van der Waals surface area contributed by atoms with Crippen molar-refractivity contribution in [2.24, 2.45) is 5.73 Å². The summed E-state index contributed by atoms with van der Waals surface area (Å²) in [4.78, 5) is 34.2. The van der Waals surface area contributed by atoms with E-state index in [0.29, 0.717) is 11.2 Å². The fraction of sp³-hybridized carbons (Fsp3) is 0.214. The minimum atomic E-state index is -0.694. The van der Waals surface area contributed by atoms with Gasteiger partial charge in [0.15, 0.2) is 0 Å². The van der Waals surface area contributed by atoms with E-state index in [1.807, 2.05) is 24.3 Å². The molecule has 0 bridgehead atoms. The van der Waals surface area contributed by atoms with Gasteiger partial charge in [-0.15, -0.1) is 11.3 Å². The van der Waals surface area contributed by atoms with Gasteiger partial charge in [-0.05, 0) is 23.9 Å². The van der Waals surface area contributed by atoms with E-state index in [0.717, 1.165) is 10.1 Å². The first-order chi connectivity index (χ1) is 9.60. The van der Waals surface area contributed by atoms with Gasteiger partial charge in [-0.3, -0.25) is 9.59 Å². The molecule has 0 radical (unpaired) electrons. The van der Waals surface area contributed by atoms with E-state index in [2.05, 4.69) is 5.32 Å². The number of rotatable bonds is 6. The summed E-state index contributed by atoms with van der Waals surface area (Å²) in [7, 11) is 0. The van der Waals surface area contributed by atoms with Gasteiger partial charge in [-0.2, -0.15) is 0 Å². The van der Waals surface area contributed by atoms with Crippen LogP contribution < -0.4 is 11.1 Å². The first kappa shape index (κ1) is 14.2. The Morgan fingerprint density at radius 2 is 2.10 bits per heavy atom. The molecule has 5 nitrogen and oxygen atoms in total. The molecule has 2 amide bonds. The van der Waals surface area contributed by atoms with E-state index in [1.165, 1.54) is 11.3 Å². The van der Waals surface area contributed by atoms with Crippen molar-refractivity contribution in [2.75, 3.05) is 0 Å². The van der Waals surface area contributed by atoms with Crippen molar-refractivity contribution in [1.82, 2.24) is 5.32 Å². The highest BCUT2D eigenvalue weighted by Gasteiger charge is 2.15. The minimum absolute atomic E-state index is 0.0656. The largest absolute Gasteiger partial charge is 0.370 e. The molecular formula is C14H14N2O3S. The predicted molar refractivity (Wildman–Crippen MR) is 77.6 cm³/mol. The van der Waals surface area contributed by atoms with Gasteiger partial charge >= 0.3 is 0 Å². The van der Waals surface area contributed by atoms with Crippen molar-refractivity contribution in [3.8, 4) is 0 Å². The lowest BCUT2D eigenvalue weighted by Crippen LogP contribution is -2.36. The number of primary amides is 1. The lowest BCUT2D eigenvalue weighted by atomic mass is 10.1. The number of thiophene rings is 1. The molecule has 0 fully saturated rings. The number of nitrogens with two attached hydrogens (primary N) is 1. The van der Waals surface area contributed by atoms with E-state index in [4.69, 9.17) is 5.73 Å². The third-order valence-electron chi connectivity index (χ3n) is 2.83.